The van der Waals surface area contributed by atoms with Crippen LogP contribution in [0.2, 0.25) is 0 Å². The number of hydrogen-bond donors (Lipinski definition) is 1. The zero-order valence-electron chi connectivity index (χ0n) is 13.1. The van der Waals surface area contributed by atoms with Crippen molar-refractivity contribution in [2.45, 2.75) is 77.9 Å². The van der Waals surface area contributed by atoms with Gasteiger partial charge in [-0.15, -0.1) is 0 Å². The first kappa shape index (κ1) is 15.5. The molecule has 1 atom stereocenters. The van der Waals surface area contributed by atoms with Gasteiger partial charge in [0.2, 0.25) is 5.91 Å². The Hall–Kier alpha value is -0.570. The van der Waals surface area contributed by atoms with Gasteiger partial charge in [0.05, 0.1) is 0 Å². The minimum atomic E-state index is 0.121. The van der Waals surface area contributed by atoms with Gasteiger partial charge in [0.25, 0.3) is 0 Å². The van der Waals surface area contributed by atoms with Crippen LogP contribution in [0.15, 0.2) is 0 Å². The van der Waals surface area contributed by atoms with Gasteiger partial charge in [0.1, 0.15) is 0 Å². The van der Waals surface area contributed by atoms with Gasteiger partial charge in [-0.1, -0.05) is 13.8 Å². The third-order valence-corrected chi connectivity index (χ3v) is 4.71. The van der Waals surface area contributed by atoms with E-state index < -0.39 is 0 Å². The summed E-state index contributed by atoms with van der Waals surface area (Å²) in [5.74, 6) is 0.328. The highest BCUT2D eigenvalue weighted by Crippen LogP contribution is 2.36. The second kappa shape index (κ2) is 5.20. The van der Waals surface area contributed by atoms with E-state index in [9.17, 15) is 4.79 Å². The number of nitrogens with one attached hydrogen (secondary N) is 1. The molecule has 1 rings (SSSR count). The maximum Gasteiger partial charge on any atom is 0.223 e. The van der Waals surface area contributed by atoms with Gasteiger partial charge in [-0.2, -0.15) is 0 Å². The van der Waals surface area contributed by atoms with Gasteiger partial charge in [-0.25, -0.2) is 0 Å². The van der Waals surface area contributed by atoms with E-state index in [4.69, 9.17) is 0 Å². The minimum absolute atomic E-state index is 0.121. The summed E-state index contributed by atoms with van der Waals surface area (Å²) in [5.41, 5.74) is 0.268. The molecule has 1 unspecified atom stereocenters. The molecule has 1 heterocycles. The first-order valence-corrected chi connectivity index (χ1v) is 7.14. The molecule has 0 aliphatic carbocycles. The first-order chi connectivity index (χ1) is 8.10. The molecule has 1 aliphatic rings. The van der Waals surface area contributed by atoms with Gasteiger partial charge in [0.15, 0.2) is 0 Å². The molecule has 1 aliphatic heterocycles. The van der Waals surface area contributed by atoms with Crippen LogP contribution in [0.1, 0.15) is 60.8 Å². The number of carbonyl (C=O) groups is 1. The zero-order valence-corrected chi connectivity index (χ0v) is 13.1. The fourth-order valence-electron chi connectivity index (χ4n) is 3.00. The summed E-state index contributed by atoms with van der Waals surface area (Å²) in [6, 6.07) is 0.299. The highest BCUT2D eigenvalue weighted by Gasteiger charge is 2.43. The van der Waals surface area contributed by atoms with Crippen LogP contribution in [-0.4, -0.2) is 35.0 Å². The molecule has 0 bridgehead atoms. The normalized spacial score (nSPS) is 25.7. The Morgan fingerprint density at radius 3 is 2.11 bits per heavy atom. The molecule has 18 heavy (non-hydrogen) atoms. The van der Waals surface area contributed by atoms with Crippen molar-refractivity contribution in [2.24, 2.45) is 5.92 Å². The Morgan fingerprint density at radius 1 is 1.28 bits per heavy atom. The van der Waals surface area contributed by atoms with Crippen molar-refractivity contribution in [3.05, 3.63) is 0 Å². The summed E-state index contributed by atoms with van der Waals surface area (Å²) >= 11 is 0. The summed E-state index contributed by atoms with van der Waals surface area (Å²) in [5, 5.41) is 3.24. The first-order valence-electron chi connectivity index (χ1n) is 7.14. The fraction of sp³-hybridized carbons (Fsp3) is 0.933. The van der Waals surface area contributed by atoms with Crippen LogP contribution in [-0.2, 0) is 4.79 Å². The van der Waals surface area contributed by atoms with Crippen molar-refractivity contribution in [1.82, 2.24) is 10.2 Å². The third-order valence-electron chi connectivity index (χ3n) is 4.71. The molecule has 0 aromatic carbocycles. The summed E-state index contributed by atoms with van der Waals surface area (Å²) in [4.78, 5) is 14.5. The van der Waals surface area contributed by atoms with Gasteiger partial charge < -0.3 is 5.32 Å². The molecule has 0 aromatic heterocycles. The third kappa shape index (κ3) is 3.25. The standard InChI is InChI=1S/C15H30N2O/c1-8-11(2)13(18)16-12-9-14(3,4)17(7)15(5,6)10-12/h11-12H,8-10H2,1-7H3,(H,16,18). The number of piperidine rings is 1. The number of amides is 1. The van der Waals surface area contributed by atoms with Crippen molar-refractivity contribution in [3.8, 4) is 0 Å². The van der Waals surface area contributed by atoms with E-state index in [0.29, 0.717) is 6.04 Å². The smallest absolute Gasteiger partial charge is 0.223 e. The van der Waals surface area contributed by atoms with E-state index >= 15 is 0 Å². The Kier molecular flexibility index (Phi) is 4.47. The molecule has 3 nitrogen and oxygen atoms in total. The number of rotatable bonds is 3. The molecule has 1 amide bonds. The molecular formula is C15H30N2O. The van der Waals surface area contributed by atoms with Crippen LogP contribution in [0.4, 0.5) is 0 Å². The largest absolute Gasteiger partial charge is 0.353 e. The zero-order chi connectivity index (χ0) is 14.1. The van der Waals surface area contributed by atoms with Gasteiger partial charge in [-0.05, 0) is 54.0 Å². The van der Waals surface area contributed by atoms with E-state index in [1.807, 2.05) is 6.92 Å². The number of likely N-dealkylation sites (tertiary alicyclic amines) is 1. The average Bonchev–Trinajstić information content (AvgIpc) is 2.23. The molecule has 1 N–H and O–H groups in total. The van der Waals surface area contributed by atoms with Gasteiger partial charge >= 0.3 is 0 Å². The molecule has 0 spiro atoms. The van der Waals surface area contributed by atoms with Crippen LogP contribution < -0.4 is 5.32 Å². The summed E-state index contributed by atoms with van der Waals surface area (Å²) < 4.78 is 0. The van der Waals surface area contributed by atoms with Crippen molar-refractivity contribution in [1.29, 1.82) is 0 Å². The summed E-state index contributed by atoms with van der Waals surface area (Å²) in [7, 11) is 2.19. The molecule has 106 valence electrons. The van der Waals surface area contributed by atoms with E-state index in [-0.39, 0.29) is 22.9 Å². The summed E-state index contributed by atoms with van der Waals surface area (Å²) in [6.07, 6.45) is 2.95. The molecule has 0 saturated carbocycles. The van der Waals surface area contributed by atoms with Crippen LogP contribution in [0.3, 0.4) is 0 Å². The highest BCUT2D eigenvalue weighted by atomic mass is 16.1. The lowest BCUT2D eigenvalue weighted by atomic mass is 9.77. The molecule has 0 radical (unpaired) electrons. The van der Waals surface area contributed by atoms with Crippen LogP contribution in [0.5, 0.6) is 0 Å². The quantitative estimate of drug-likeness (QED) is 0.840. The number of carbonyl (C=O) groups excluding carboxylic acids is 1. The maximum absolute atomic E-state index is 12.0. The Bertz CT molecular complexity index is 292. The van der Waals surface area contributed by atoms with Crippen molar-refractivity contribution < 1.29 is 4.79 Å². The molecule has 1 saturated heterocycles. The van der Waals surface area contributed by atoms with Crippen molar-refractivity contribution >= 4 is 5.91 Å². The summed E-state index contributed by atoms with van der Waals surface area (Å²) in [6.45, 7) is 13.1. The van der Waals surface area contributed by atoms with Crippen LogP contribution >= 0.6 is 0 Å². The van der Waals surface area contributed by atoms with E-state index in [0.717, 1.165) is 19.3 Å². The topological polar surface area (TPSA) is 32.3 Å². The van der Waals surface area contributed by atoms with E-state index in [2.05, 4.69) is 51.9 Å². The molecule has 0 aromatic rings. The lowest BCUT2D eigenvalue weighted by Gasteiger charge is -2.53. The SMILES string of the molecule is CCC(C)C(=O)NC1CC(C)(C)N(C)C(C)(C)C1. The fourth-order valence-corrected chi connectivity index (χ4v) is 3.00. The number of hydrogen-bond acceptors (Lipinski definition) is 2. The van der Waals surface area contributed by atoms with Gasteiger partial charge in [0, 0.05) is 23.0 Å². The van der Waals surface area contributed by atoms with Crippen molar-refractivity contribution in [3.63, 3.8) is 0 Å². The molecular weight excluding hydrogens is 224 g/mol. The minimum Gasteiger partial charge on any atom is -0.353 e. The van der Waals surface area contributed by atoms with Gasteiger partial charge in [-0.3, -0.25) is 9.69 Å². The number of nitrogens with zero attached hydrogens (tertiary/aromatic N) is 1. The maximum atomic E-state index is 12.0. The predicted octanol–water partition coefficient (Wildman–Crippen LogP) is 2.80. The van der Waals surface area contributed by atoms with E-state index in [1.54, 1.807) is 0 Å². The second-order valence-electron chi connectivity index (χ2n) is 7.11. The lowest BCUT2D eigenvalue weighted by Crippen LogP contribution is -2.62. The Labute approximate surface area is 112 Å². The van der Waals surface area contributed by atoms with Crippen LogP contribution in [0.25, 0.3) is 0 Å². The molecule has 3 heteroatoms. The lowest BCUT2D eigenvalue weighted by molar-refractivity contribution is -0.126. The van der Waals surface area contributed by atoms with Crippen molar-refractivity contribution in [2.75, 3.05) is 7.05 Å². The Balaban J connectivity index is 2.72. The highest BCUT2D eigenvalue weighted by molar-refractivity contribution is 5.78. The van der Waals surface area contributed by atoms with Crippen LogP contribution in [0, 0.1) is 5.92 Å². The Morgan fingerprint density at radius 2 is 1.72 bits per heavy atom. The molecule has 1 fully saturated rings. The van der Waals surface area contributed by atoms with E-state index in [1.165, 1.54) is 0 Å². The second-order valence-corrected chi connectivity index (χ2v) is 7.11. The average molecular weight is 254 g/mol. The monoisotopic (exact) mass is 254 g/mol. The predicted molar refractivity (Wildman–Crippen MR) is 76.5 cm³/mol.